The van der Waals surface area contributed by atoms with Crippen molar-refractivity contribution in [3.8, 4) is 0 Å². The predicted molar refractivity (Wildman–Crippen MR) is 83.3 cm³/mol. The van der Waals surface area contributed by atoms with Crippen molar-refractivity contribution < 1.29 is 5.11 Å². The molecule has 0 aromatic carbocycles. The summed E-state index contributed by atoms with van der Waals surface area (Å²) < 4.78 is 4.01. The second kappa shape index (κ2) is 6.43. The van der Waals surface area contributed by atoms with Gasteiger partial charge in [-0.1, -0.05) is 13.8 Å². The van der Waals surface area contributed by atoms with Gasteiger partial charge in [0, 0.05) is 17.8 Å². The first-order valence-electron chi connectivity index (χ1n) is 7.79. The fraction of sp³-hybridized carbons (Fsp3) is 0.625. The summed E-state index contributed by atoms with van der Waals surface area (Å²) in [6.45, 7) is 11.8. The number of nitrogens with zero attached hydrogens (tertiary/aromatic N) is 4. The van der Waals surface area contributed by atoms with Gasteiger partial charge in [-0.3, -0.25) is 9.36 Å². The van der Waals surface area contributed by atoms with Gasteiger partial charge in [0.15, 0.2) is 0 Å². The van der Waals surface area contributed by atoms with Crippen molar-refractivity contribution in [3.63, 3.8) is 0 Å². The molecule has 116 valence electrons. The molecule has 2 heterocycles. The van der Waals surface area contributed by atoms with Gasteiger partial charge < -0.3 is 5.11 Å². The van der Waals surface area contributed by atoms with Crippen molar-refractivity contribution in [2.24, 2.45) is 0 Å². The minimum Gasteiger partial charge on any atom is -0.388 e. The normalized spacial score (nSPS) is 12.9. The Kier molecular flexibility index (Phi) is 4.83. The van der Waals surface area contributed by atoms with Crippen LogP contribution in [0.4, 0.5) is 0 Å². The molecule has 0 fully saturated rings. The molecule has 5 nitrogen and oxygen atoms in total. The quantitative estimate of drug-likeness (QED) is 0.890. The maximum Gasteiger partial charge on any atom is 0.0831 e. The van der Waals surface area contributed by atoms with Crippen LogP contribution in [0.15, 0.2) is 6.07 Å². The summed E-state index contributed by atoms with van der Waals surface area (Å²) in [7, 11) is 0. The second-order valence-corrected chi connectivity index (χ2v) is 5.46. The molecule has 2 aromatic heterocycles. The minimum absolute atomic E-state index is 0.430. The Bertz CT molecular complexity index is 612. The van der Waals surface area contributed by atoms with Crippen LogP contribution in [0.5, 0.6) is 0 Å². The van der Waals surface area contributed by atoms with E-state index in [-0.39, 0.29) is 0 Å². The third-order valence-electron chi connectivity index (χ3n) is 4.04. The van der Waals surface area contributed by atoms with Gasteiger partial charge in [0.25, 0.3) is 0 Å². The van der Waals surface area contributed by atoms with Crippen LogP contribution < -0.4 is 0 Å². The molecule has 0 aliphatic heterocycles. The van der Waals surface area contributed by atoms with Gasteiger partial charge >= 0.3 is 0 Å². The summed E-state index contributed by atoms with van der Waals surface area (Å²) in [4.78, 5) is 0. The third kappa shape index (κ3) is 3.02. The number of aryl methyl sites for hydroxylation is 3. The first kappa shape index (κ1) is 15.8. The zero-order chi connectivity index (χ0) is 15.6. The SMILES string of the molecule is CCc1cc(Cn2nc(C)c(C(O)CC)c2C)n(CC)n1. The van der Waals surface area contributed by atoms with Crippen molar-refractivity contribution >= 4 is 0 Å². The first-order valence-corrected chi connectivity index (χ1v) is 7.79. The number of aliphatic hydroxyl groups is 1. The van der Waals surface area contributed by atoms with Gasteiger partial charge in [0.1, 0.15) is 0 Å². The van der Waals surface area contributed by atoms with Gasteiger partial charge in [-0.25, -0.2) is 0 Å². The highest BCUT2D eigenvalue weighted by Crippen LogP contribution is 2.24. The van der Waals surface area contributed by atoms with E-state index < -0.39 is 6.10 Å². The average molecular weight is 290 g/mol. The van der Waals surface area contributed by atoms with Crippen molar-refractivity contribution in [2.75, 3.05) is 0 Å². The Morgan fingerprint density at radius 3 is 2.43 bits per heavy atom. The van der Waals surface area contributed by atoms with Gasteiger partial charge in [-0.2, -0.15) is 10.2 Å². The third-order valence-corrected chi connectivity index (χ3v) is 4.04. The van der Waals surface area contributed by atoms with Gasteiger partial charge in [-0.15, -0.1) is 0 Å². The summed E-state index contributed by atoms with van der Waals surface area (Å²) in [5, 5.41) is 19.3. The largest absolute Gasteiger partial charge is 0.388 e. The van der Waals surface area contributed by atoms with Gasteiger partial charge in [-0.05, 0) is 39.7 Å². The van der Waals surface area contributed by atoms with Crippen LogP contribution in [0.25, 0.3) is 0 Å². The van der Waals surface area contributed by atoms with Crippen LogP contribution in [0, 0.1) is 13.8 Å². The monoisotopic (exact) mass is 290 g/mol. The second-order valence-electron chi connectivity index (χ2n) is 5.46. The lowest BCUT2D eigenvalue weighted by molar-refractivity contribution is 0.172. The summed E-state index contributed by atoms with van der Waals surface area (Å²) in [6, 6.07) is 2.15. The molecule has 0 saturated carbocycles. The molecule has 5 heteroatoms. The van der Waals surface area contributed by atoms with E-state index in [2.05, 4.69) is 30.1 Å². The lowest BCUT2D eigenvalue weighted by Crippen LogP contribution is -2.10. The summed E-state index contributed by atoms with van der Waals surface area (Å²) in [5.41, 5.74) is 5.21. The molecule has 2 aromatic rings. The van der Waals surface area contributed by atoms with E-state index in [9.17, 15) is 5.11 Å². The van der Waals surface area contributed by atoms with Crippen molar-refractivity contribution in [1.82, 2.24) is 19.6 Å². The van der Waals surface area contributed by atoms with Crippen LogP contribution in [-0.2, 0) is 19.5 Å². The molecule has 1 N–H and O–H groups in total. The highest BCUT2D eigenvalue weighted by Gasteiger charge is 2.18. The zero-order valence-electron chi connectivity index (χ0n) is 13.7. The number of hydrogen-bond acceptors (Lipinski definition) is 3. The van der Waals surface area contributed by atoms with Crippen molar-refractivity contribution in [1.29, 1.82) is 0 Å². The lowest BCUT2D eigenvalue weighted by atomic mass is 10.1. The van der Waals surface area contributed by atoms with Crippen LogP contribution in [0.1, 0.15) is 61.6 Å². The summed E-state index contributed by atoms with van der Waals surface area (Å²) >= 11 is 0. The van der Waals surface area contributed by atoms with Crippen LogP contribution in [0.3, 0.4) is 0 Å². The molecule has 21 heavy (non-hydrogen) atoms. The topological polar surface area (TPSA) is 55.9 Å². The van der Waals surface area contributed by atoms with Crippen LogP contribution >= 0.6 is 0 Å². The number of hydrogen-bond donors (Lipinski definition) is 1. The Labute approximate surface area is 126 Å². The lowest BCUT2D eigenvalue weighted by Gasteiger charge is -2.10. The molecule has 0 radical (unpaired) electrons. The van der Waals surface area contributed by atoms with Crippen LogP contribution in [0.2, 0.25) is 0 Å². The van der Waals surface area contributed by atoms with E-state index >= 15 is 0 Å². The minimum atomic E-state index is -0.430. The molecular formula is C16H26N4O. The smallest absolute Gasteiger partial charge is 0.0831 e. The summed E-state index contributed by atoms with van der Waals surface area (Å²) in [5.74, 6) is 0. The molecule has 1 atom stereocenters. The van der Waals surface area contributed by atoms with E-state index in [0.29, 0.717) is 13.0 Å². The van der Waals surface area contributed by atoms with Crippen molar-refractivity contribution in [2.45, 2.75) is 66.7 Å². The maximum absolute atomic E-state index is 10.1. The number of aliphatic hydroxyl groups excluding tert-OH is 1. The van der Waals surface area contributed by atoms with Gasteiger partial charge in [0.2, 0.25) is 0 Å². The van der Waals surface area contributed by atoms with E-state index in [1.807, 2.05) is 30.1 Å². The molecule has 0 aliphatic rings. The van der Waals surface area contributed by atoms with Gasteiger partial charge in [0.05, 0.1) is 29.7 Å². The maximum atomic E-state index is 10.1. The molecule has 0 amide bonds. The molecular weight excluding hydrogens is 264 g/mol. The predicted octanol–water partition coefficient (Wildman–Crippen LogP) is 2.77. The fourth-order valence-electron chi connectivity index (χ4n) is 2.79. The van der Waals surface area contributed by atoms with Crippen LogP contribution in [-0.4, -0.2) is 24.7 Å². The Balaban J connectivity index is 2.34. The average Bonchev–Trinajstić information content (AvgIpc) is 3.00. The summed E-state index contributed by atoms with van der Waals surface area (Å²) in [6.07, 6.45) is 1.22. The number of aromatic nitrogens is 4. The van der Waals surface area contributed by atoms with E-state index in [4.69, 9.17) is 0 Å². The highest BCUT2D eigenvalue weighted by atomic mass is 16.3. The molecule has 2 rings (SSSR count). The highest BCUT2D eigenvalue weighted by molar-refractivity contribution is 5.27. The standard InChI is InChI=1S/C16H26N4O/c1-6-13-9-14(19(8-3)18-13)10-20-12(5)16(11(4)17-20)15(21)7-2/h9,15,21H,6-8,10H2,1-5H3. The van der Waals surface area contributed by atoms with E-state index in [1.165, 1.54) is 0 Å². The zero-order valence-corrected chi connectivity index (χ0v) is 13.7. The Hall–Kier alpha value is -1.62. The molecule has 1 unspecified atom stereocenters. The fourth-order valence-corrected chi connectivity index (χ4v) is 2.79. The van der Waals surface area contributed by atoms with E-state index in [0.717, 1.165) is 41.3 Å². The molecule has 0 bridgehead atoms. The molecule has 0 saturated heterocycles. The first-order chi connectivity index (χ1) is 10.0. The number of rotatable bonds is 6. The van der Waals surface area contributed by atoms with Crippen molar-refractivity contribution in [3.05, 3.63) is 34.4 Å². The molecule has 0 aliphatic carbocycles. The Morgan fingerprint density at radius 2 is 1.86 bits per heavy atom. The Morgan fingerprint density at radius 1 is 1.14 bits per heavy atom. The molecule has 0 spiro atoms. The van der Waals surface area contributed by atoms with E-state index in [1.54, 1.807) is 0 Å².